The largest absolute Gasteiger partial charge is 0.381 e. The molecule has 0 saturated carbocycles. The Morgan fingerprint density at radius 1 is 1.24 bits per heavy atom. The number of fused-ring (bicyclic) bond motifs is 3. The smallest absolute Gasteiger partial charge is 0.261 e. The lowest BCUT2D eigenvalue weighted by molar-refractivity contribution is -0.138. The van der Waals surface area contributed by atoms with Crippen LogP contribution in [-0.4, -0.2) is 45.7 Å². The number of piperidine rings is 1. The fraction of sp³-hybridized carbons (Fsp3) is 0.526. The van der Waals surface area contributed by atoms with Crippen LogP contribution in [0.2, 0.25) is 0 Å². The summed E-state index contributed by atoms with van der Waals surface area (Å²) < 4.78 is 7.04. The third kappa shape index (κ3) is 2.95. The zero-order chi connectivity index (χ0) is 17.4. The number of nitrogens with zero attached hydrogens (tertiary/aromatic N) is 3. The third-order valence-corrected chi connectivity index (χ3v) is 5.61. The average Bonchev–Trinajstić information content (AvgIpc) is 2.91. The van der Waals surface area contributed by atoms with E-state index in [1.54, 1.807) is 24.1 Å². The van der Waals surface area contributed by atoms with E-state index < -0.39 is 0 Å². The number of aromatic nitrogens is 2. The SMILES string of the molecule is COC1CC2CCC(C1)N2C(=O)CCn1cnc2ccccc2c1=O. The van der Waals surface area contributed by atoms with Crippen LogP contribution in [0, 0.1) is 0 Å². The lowest BCUT2D eigenvalue weighted by Gasteiger charge is -2.38. The van der Waals surface area contributed by atoms with E-state index in [2.05, 4.69) is 9.88 Å². The van der Waals surface area contributed by atoms with Crippen molar-refractivity contribution in [2.75, 3.05) is 7.11 Å². The van der Waals surface area contributed by atoms with E-state index in [1.807, 2.05) is 18.2 Å². The predicted molar refractivity (Wildman–Crippen MR) is 94.3 cm³/mol. The van der Waals surface area contributed by atoms with Crippen molar-refractivity contribution in [1.82, 2.24) is 14.5 Å². The van der Waals surface area contributed by atoms with Gasteiger partial charge in [0.25, 0.3) is 5.56 Å². The van der Waals surface area contributed by atoms with Crippen molar-refractivity contribution in [3.63, 3.8) is 0 Å². The zero-order valence-corrected chi connectivity index (χ0v) is 14.4. The minimum Gasteiger partial charge on any atom is -0.381 e. The fourth-order valence-electron chi connectivity index (χ4n) is 4.34. The second kappa shape index (κ2) is 6.59. The molecule has 0 spiro atoms. The molecule has 3 heterocycles. The first kappa shape index (κ1) is 16.3. The molecule has 2 aliphatic heterocycles. The lowest BCUT2D eigenvalue weighted by Crippen LogP contribution is -2.48. The summed E-state index contributed by atoms with van der Waals surface area (Å²) in [5.74, 6) is 0.141. The number of aryl methyl sites for hydroxylation is 1. The molecule has 1 amide bonds. The van der Waals surface area contributed by atoms with E-state index in [4.69, 9.17) is 4.74 Å². The Hall–Kier alpha value is -2.21. The van der Waals surface area contributed by atoms with Gasteiger partial charge < -0.3 is 9.64 Å². The van der Waals surface area contributed by atoms with Gasteiger partial charge in [0.1, 0.15) is 0 Å². The highest BCUT2D eigenvalue weighted by Crippen LogP contribution is 2.37. The van der Waals surface area contributed by atoms with Gasteiger partial charge in [0, 0.05) is 32.2 Å². The molecule has 0 radical (unpaired) electrons. The van der Waals surface area contributed by atoms with Crippen LogP contribution in [0.25, 0.3) is 10.9 Å². The monoisotopic (exact) mass is 341 g/mol. The van der Waals surface area contributed by atoms with Crippen LogP contribution in [0.15, 0.2) is 35.4 Å². The minimum absolute atomic E-state index is 0.0838. The van der Waals surface area contributed by atoms with Crippen molar-refractivity contribution in [2.24, 2.45) is 0 Å². The number of hydrogen-bond donors (Lipinski definition) is 0. The highest BCUT2D eigenvalue weighted by Gasteiger charge is 2.42. The molecule has 1 aromatic carbocycles. The average molecular weight is 341 g/mol. The molecule has 6 nitrogen and oxygen atoms in total. The van der Waals surface area contributed by atoms with Gasteiger partial charge in [-0.15, -0.1) is 0 Å². The summed E-state index contributed by atoms with van der Waals surface area (Å²) >= 11 is 0. The van der Waals surface area contributed by atoms with Gasteiger partial charge in [0.05, 0.1) is 23.3 Å². The molecule has 132 valence electrons. The van der Waals surface area contributed by atoms with Crippen LogP contribution in [0.4, 0.5) is 0 Å². The van der Waals surface area contributed by atoms with E-state index in [1.165, 1.54) is 0 Å². The number of rotatable bonds is 4. The zero-order valence-electron chi connectivity index (χ0n) is 14.4. The van der Waals surface area contributed by atoms with Gasteiger partial charge in [0.2, 0.25) is 5.91 Å². The molecule has 2 aromatic rings. The van der Waals surface area contributed by atoms with Crippen LogP contribution in [-0.2, 0) is 16.1 Å². The molecule has 25 heavy (non-hydrogen) atoms. The maximum atomic E-state index is 12.8. The third-order valence-electron chi connectivity index (χ3n) is 5.61. The Kier molecular flexibility index (Phi) is 4.29. The fourth-order valence-corrected chi connectivity index (χ4v) is 4.34. The van der Waals surface area contributed by atoms with Crippen molar-refractivity contribution in [2.45, 2.75) is 56.8 Å². The van der Waals surface area contributed by atoms with Crippen molar-refractivity contribution in [3.8, 4) is 0 Å². The van der Waals surface area contributed by atoms with E-state index in [0.29, 0.717) is 36.0 Å². The van der Waals surface area contributed by atoms with Crippen LogP contribution in [0.5, 0.6) is 0 Å². The Bertz CT molecular complexity index is 833. The van der Waals surface area contributed by atoms with Crippen LogP contribution >= 0.6 is 0 Å². The number of carbonyl (C=O) groups excluding carboxylic acids is 1. The molecule has 1 aromatic heterocycles. The maximum Gasteiger partial charge on any atom is 0.261 e. The van der Waals surface area contributed by atoms with Crippen LogP contribution < -0.4 is 5.56 Å². The summed E-state index contributed by atoms with van der Waals surface area (Å²) in [4.78, 5) is 31.6. The molecule has 2 atom stereocenters. The molecular formula is C19H23N3O3. The summed E-state index contributed by atoms with van der Waals surface area (Å²) in [7, 11) is 1.75. The Morgan fingerprint density at radius 3 is 2.68 bits per heavy atom. The Balaban J connectivity index is 1.46. The van der Waals surface area contributed by atoms with Crippen molar-refractivity contribution in [1.29, 1.82) is 0 Å². The molecule has 2 fully saturated rings. The number of amides is 1. The molecule has 0 aliphatic carbocycles. The van der Waals surface area contributed by atoms with Crippen molar-refractivity contribution < 1.29 is 9.53 Å². The van der Waals surface area contributed by atoms with Crippen LogP contribution in [0.3, 0.4) is 0 Å². The second-order valence-corrected chi connectivity index (χ2v) is 7.03. The van der Waals surface area contributed by atoms with Gasteiger partial charge in [-0.1, -0.05) is 12.1 Å². The summed E-state index contributed by atoms with van der Waals surface area (Å²) in [6.07, 6.45) is 6.14. The molecule has 4 rings (SSSR count). The first-order valence-electron chi connectivity index (χ1n) is 8.95. The second-order valence-electron chi connectivity index (χ2n) is 7.03. The van der Waals surface area contributed by atoms with Gasteiger partial charge in [-0.3, -0.25) is 14.2 Å². The summed E-state index contributed by atoms with van der Waals surface area (Å²) in [6.45, 7) is 0.374. The van der Waals surface area contributed by atoms with E-state index >= 15 is 0 Å². The Labute approximate surface area is 146 Å². The Morgan fingerprint density at radius 2 is 1.96 bits per heavy atom. The number of carbonyl (C=O) groups is 1. The van der Waals surface area contributed by atoms with Gasteiger partial charge >= 0.3 is 0 Å². The summed E-state index contributed by atoms with van der Waals surface area (Å²) in [5.41, 5.74) is 0.606. The standard InChI is InChI=1S/C19H23N3O3/c1-25-15-10-13-6-7-14(11-15)22(13)18(23)8-9-21-12-20-17-5-3-2-4-16(17)19(21)24/h2-5,12-15H,6-11H2,1H3. The van der Waals surface area contributed by atoms with Crippen molar-refractivity contribution >= 4 is 16.8 Å². The highest BCUT2D eigenvalue weighted by atomic mass is 16.5. The number of methoxy groups -OCH3 is 1. The number of ether oxygens (including phenoxy) is 1. The first-order valence-corrected chi connectivity index (χ1v) is 8.95. The first-order chi connectivity index (χ1) is 12.2. The number of benzene rings is 1. The minimum atomic E-state index is -0.0838. The molecule has 0 N–H and O–H groups in total. The van der Waals surface area contributed by atoms with E-state index in [9.17, 15) is 9.59 Å². The highest BCUT2D eigenvalue weighted by molar-refractivity contribution is 5.78. The lowest BCUT2D eigenvalue weighted by atomic mass is 9.99. The number of hydrogen-bond acceptors (Lipinski definition) is 4. The quantitative estimate of drug-likeness (QED) is 0.853. The molecule has 2 aliphatic rings. The summed E-state index contributed by atoms with van der Waals surface area (Å²) in [5, 5.41) is 0.596. The van der Waals surface area contributed by atoms with Crippen molar-refractivity contribution in [3.05, 3.63) is 40.9 Å². The molecule has 6 heteroatoms. The number of para-hydroxylation sites is 1. The molecular weight excluding hydrogens is 318 g/mol. The van der Waals surface area contributed by atoms with Crippen LogP contribution in [0.1, 0.15) is 32.1 Å². The van der Waals surface area contributed by atoms with E-state index in [0.717, 1.165) is 25.7 Å². The van der Waals surface area contributed by atoms with Gasteiger partial charge in [-0.05, 0) is 37.8 Å². The predicted octanol–water partition coefficient (Wildman–Crippen LogP) is 1.95. The van der Waals surface area contributed by atoms with E-state index in [-0.39, 0.29) is 17.6 Å². The molecule has 2 bridgehead atoms. The summed E-state index contributed by atoms with van der Waals surface area (Å²) in [6, 6.07) is 7.88. The normalized spacial score (nSPS) is 25.5. The molecule has 2 unspecified atom stereocenters. The molecule has 2 saturated heterocycles. The topological polar surface area (TPSA) is 64.4 Å². The van der Waals surface area contributed by atoms with Gasteiger partial charge in [-0.25, -0.2) is 4.98 Å². The van der Waals surface area contributed by atoms with Gasteiger partial charge in [0.15, 0.2) is 0 Å². The maximum absolute atomic E-state index is 12.8. The van der Waals surface area contributed by atoms with Gasteiger partial charge in [-0.2, -0.15) is 0 Å².